The number of carbonyl (C=O) groups is 3. The number of benzene rings is 1. The normalized spacial score (nSPS) is 14.3. The Balaban J connectivity index is 2.18. The summed E-state index contributed by atoms with van der Waals surface area (Å²) in [6.45, 7) is 5.32. The van der Waals surface area contributed by atoms with Gasteiger partial charge in [-0.05, 0) is 30.5 Å². The van der Waals surface area contributed by atoms with Crippen LogP contribution in [0.3, 0.4) is 0 Å². The zero-order valence-corrected chi connectivity index (χ0v) is 14.2. The Morgan fingerprint density at radius 2 is 2.08 bits per heavy atom. The Bertz CT molecular complexity index is 627. The molecule has 1 aromatic carbocycles. The smallest absolute Gasteiger partial charge is 0.305 e. The van der Waals surface area contributed by atoms with Crippen LogP contribution in [0.1, 0.15) is 43.5 Å². The van der Waals surface area contributed by atoms with E-state index in [4.69, 9.17) is 5.11 Å². The summed E-state index contributed by atoms with van der Waals surface area (Å²) in [7, 11) is 0. The van der Waals surface area contributed by atoms with Gasteiger partial charge in [-0.3, -0.25) is 14.4 Å². The van der Waals surface area contributed by atoms with Crippen molar-refractivity contribution in [3.63, 3.8) is 0 Å². The minimum absolute atomic E-state index is 0.0736. The number of rotatable bonds is 7. The van der Waals surface area contributed by atoms with Crippen LogP contribution in [0.4, 0.5) is 5.69 Å². The maximum atomic E-state index is 12.8. The van der Waals surface area contributed by atoms with E-state index >= 15 is 0 Å². The molecule has 1 N–H and O–H groups in total. The molecular weight excluding hydrogens is 308 g/mol. The van der Waals surface area contributed by atoms with Crippen LogP contribution < -0.4 is 4.90 Å². The largest absolute Gasteiger partial charge is 0.481 e. The molecule has 0 atom stereocenters. The molecule has 0 bridgehead atoms. The van der Waals surface area contributed by atoms with Crippen molar-refractivity contribution in [1.29, 1.82) is 0 Å². The zero-order valence-electron chi connectivity index (χ0n) is 14.2. The Labute approximate surface area is 142 Å². The van der Waals surface area contributed by atoms with E-state index in [2.05, 4.69) is 0 Å². The van der Waals surface area contributed by atoms with Gasteiger partial charge in [-0.25, -0.2) is 0 Å². The van der Waals surface area contributed by atoms with E-state index in [0.717, 1.165) is 12.1 Å². The number of nitrogens with zero attached hydrogens (tertiary/aromatic N) is 2. The van der Waals surface area contributed by atoms with Gasteiger partial charge in [0.05, 0.1) is 6.42 Å². The lowest BCUT2D eigenvalue weighted by molar-refractivity contribution is -0.137. The van der Waals surface area contributed by atoms with E-state index < -0.39 is 5.97 Å². The second kappa shape index (κ2) is 7.95. The zero-order chi connectivity index (χ0) is 17.7. The maximum absolute atomic E-state index is 12.8. The summed E-state index contributed by atoms with van der Waals surface area (Å²) in [4.78, 5) is 38.7. The van der Waals surface area contributed by atoms with Crippen LogP contribution in [0.2, 0.25) is 0 Å². The summed E-state index contributed by atoms with van der Waals surface area (Å²) >= 11 is 0. The third kappa shape index (κ3) is 4.57. The van der Waals surface area contributed by atoms with E-state index in [1.807, 2.05) is 19.9 Å². The van der Waals surface area contributed by atoms with E-state index in [-0.39, 0.29) is 30.7 Å². The minimum Gasteiger partial charge on any atom is -0.481 e. The molecule has 2 rings (SSSR count). The minimum atomic E-state index is -0.923. The summed E-state index contributed by atoms with van der Waals surface area (Å²) < 4.78 is 0. The number of amides is 2. The molecular formula is C18H24N2O4. The van der Waals surface area contributed by atoms with Gasteiger partial charge in [-0.2, -0.15) is 0 Å². The first kappa shape index (κ1) is 18.0. The molecule has 24 heavy (non-hydrogen) atoms. The van der Waals surface area contributed by atoms with Crippen molar-refractivity contribution in [2.75, 3.05) is 24.5 Å². The van der Waals surface area contributed by atoms with Crippen molar-refractivity contribution in [2.45, 2.75) is 33.1 Å². The van der Waals surface area contributed by atoms with Gasteiger partial charge in [0, 0.05) is 37.3 Å². The second-order valence-electron chi connectivity index (χ2n) is 6.49. The van der Waals surface area contributed by atoms with Crippen molar-refractivity contribution in [3.05, 3.63) is 29.8 Å². The predicted molar refractivity (Wildman–Crippen MR) is 91.0 cm³/mol. The first-order valence-corrected chi connectivity index (χ1v) is 8.30. The fraction of sp³-hybridized carbons (Fsp3) is 0.500. The molecule has 6 nitrogen and oxygen atoms in total. The standard InChI is InChI=1S/C18H24N2O4/c1-13(2)12-19(10-8-17(22)23)18(24)14-5-3-6-15(11-14)20-9-4-7-16(20)21/h3,5-6,11,13H,4,7-10,12H2,1-2H3,(H,22,23). The lowest BCUT2D eigenvalue weighted by atomic mass is 10.1. The van der Waals surface area contributed by atoms with Gasteiger partial charge in [-0.1, -0.05) is 19.9 Å². The first-order chi connectivity index (χ1) is 11.4. The number of carbonyl (C=O) groups excluding carboxylic acids is 2. The molecule has 0 radical (unpaired) electrons. The van der Waals surface area contributed by atoms with Crippen LogP contribution in [-0.4, -0.2) is 47.4 Å². The van der Waals surface area contributed by atoms with E-state index in [0.29, 0.717) is 25.1 Å². The SMILES string of the molecule is CC(C)CN(CCC(=O)O)C(=O)c1cccc(N2CCCC2=O)c1. The van der Waals surface area contributed by atoms with Crippen LogP contribution in [0, 0.1) is 5.92 Å². The maximum Gasteiger partial charge on any atom is 0.305 e. The summed E-state index contributed by atoms with van der Waals surface area (Å²) in [5.74, 6) is -0.804. The summed E-state index contributed by atoms with van der Waals surface area (Å²) in [5, 5.41) is 8.88. The van der Waals surface area contributed by atoms with Crippen LogP contribution in [-0.2, 0) is 9.59 Å². The third-order valence-electron chi connectivity index (χ3n) is 3.95. The summed E-state index contributed by atoms with van der Waals surface area (Å²) in [5.41, 5.74) is 1.21. The molecule has 1 saturated heterocycles. The molecule has 0 saturated carbocycles. The lowest BCUT2D eigenvalue weighted by Crippen LogP contribution is -2.36. The van der Waals surface area contributed by atoms with E-state index in [1.165, 1.54) is 0 Å². The highest BCUT2D eigenvalue weighted by molar-refractivity contribution is 5.99. The average molecular weight is 332 g/mol. The van der Waals surface area contributed by atoms with Crippen LogP contribution >= 0.6 is 0 Å². The number of carboxylic acid groups (broad SMARTS) is 1. The molecule has 6 heteroatoms. The highest BCUT2D eigenvalue weighted by atomic mass is 16.4. The molecule has 1 aliphatic rings. The van der Waals surface area contributed by atoms with E-state index in [1.54, 1.807) is 28.0 Å². The number of carboxylic acids is 1. The molecule has 0 unspecified atom stereocenters. The Kier molecular flexibility index (Phi) is 5.95. The number of hydrogen-bond donors (Lipinski definition) is 1. The highest BCUT2D eigenvalue weighted by Crippen LogP contribution is 2.23. The van der Waals surface area contributed by atoms with Crippen LogP contribution in [0.5, 0.6) is 0 Å². The molecule has 1 aromatic rings. The fourth-order valence-electron chi connectivity index (χ4n) is 2.86. The molecule has 0 aromatic heterocycles. The third-order valence-corrected chi connectivity index (χ3v) is 3.95. The van der Waals surface area contributed by atoms with Crippen molar-refractivity contribution >= 4 is 23.5 Å². The Morgan fingerprint density at radius 3 is 2.67 bits per heavy atom. The number of hydrogen-bond acceptors (Lipinski definition) is 3. The molecule has 2 amide bonds. The lowest BCUT2D eigenvalue weighted by Gasteiger charge is -2.25. The fourth-order valence-corrected chi connectivity index (χ4v) is 2.86. The highest BCUT2D eigenvalue weighted by Gasteiger charge is 2.23. The van der Waals surface area contributed by atoms with Crippen molar-refractivity contribution in [1.82, 2.24) is 4.90 Å². The van der Waals surface area contributed by atoms with Crippen LogP contribution in [0.15, 0.2) is 24.3 Å². The predicted octanol–water partition coefficient (Wildman–Crippen LogP) is 2.39. The molecule has 0 aliphatic carbocycles. The molecule has 1 heterocycles. The number of aliphatic carboxylic acids is 1. The summed E-state index contributed by atoms with van der Waals surface area (Å²) in [6, 6.07) is 7.02. The van der Waals surface area contributed by atoms with Crippen LogP contribution in [0.25, 0.3) is 0 Å². The quantitative estimate of drug-likeness (QED) is 0.831. The van der Waals surface area contributed by atoms with Crippen molar-refractivity contribution in [2.24, 2.45) is 5.92 Å². The topological polar surface area (TPSA) is 77.9 Å². The second-order valence-corrected chi connectivity index (χ2v) is 6.49. The Hall–Kier alpha value is -2.37. The molecule has 0 spiro atoms. The summed E-state index contributed by atoms with van der Waals surface area (Å²) in [6.07, 6.45) is 1.29. The molecule has 130 valence electrons. The number of anilines is 1. The Morgan fingerprint density at radius 1 is 1.33 bits per heavy atom. The van der Waals surface area contributed by atoms with Gasteiger partial charge < -0.3 is 14.9 Å². The van der Waals surface area contributed by atoms with Gasteiger partial charge in [0.1, 0.15) is 0 Å². The van der Waals surface area contributed by atoms with Gasteiger partial charge in [0.2, 0.25) is 5.91 Å². The van der Waals surface area contributed by atoms with Crippen molar-refractivity contribution < 1.29 is 19.5 Å². The molecule has 1 aliphatic heterocycles. The van der Waals surface area contributed by atoms with E-state index in [9.17, 15) is 14.4 Å². The first-order valence-electron chi connectivity index (χ1n) is 8.30. The van der Waals surface area contributed by atoms with Gasteiger partial charge >= 0.3 is 5.97 Å². The molecule has 1 fully saturated rings. The van der Waals surface area contributed by atoms with Gasteiger partial charge in [0.15, 0.2) is 0 Å². The van der Waals surface area contributed by atoms with Gasteiger partial charge in [-0.15, -0.1) is 0 Å². The monoisotopic (exact) mass is 332 g/mol. The van der Waals surface area contributed by atoms with Gasteiger partial charge in [0.25, 0.3) is 5.91 Å². The van der Waals surface area contributed by atoms with Crippen molar-refractivity contribution in [3.8, 4) is 0 Å². The average Bonchev–Trinajstić information content (AvgIpc) is 2.96.